The molecule has 0 aromatic heterocycles. The molecule has 0 aliphatic heterocycles. The third-order valence-corrected chi connectivity index (χ3v) is 1.90. The summed E-state index contributed by atoms with van der Waals surface area (Å²) < 4.78 is 18.0. The first-order valence-electron chi connectivity index (χ1n) is 5.08. The summed E-state index contributed by atoms with van der Waals surface area (Å²) in [6.45, 7) is 2.05. The Hall–Kier alpha value is -2.06. The highest BCUT2D eigenvalue weighted by atomic mass is 19.1. The van der Waals surface area contributed by atoms with Crippen molar-refractivity contribution in [3.63, 3.8) is 0 Å². The smallest absolute Gasteiger partial charge is 0.317 e. The molecule has 1 aromatic carbocycles. The average molecular weight is 236 g/mol. The molecule has 0 fully saturated rings. The summed E-state index contributed by atoms with van der Waals surface area (Å²) in [4.78, 5) is 11.0. The highest BCUT2D eigenvalue weighted by molar-refractivity contribution is 5.72. The van der Waals surface area contributed by atoms with E-state index in [1.807, 2.05) is 0 Å². The van der Waals surface area contributed by atoms with E-state index in [4.69, 9.17) is 10.6 Å². The van der Waals surface area contributed by atoms with Gasteiger partial charge in [-0.05, 0) is 25.1 Å². The van der Waals surface area contributed by atoms with Crippen LogP contribution in [-0.4, -0.2) is 12.6 Å². The predicted molar refractivity (Wildman–Crippen MR) is 62.3 cm³/mol. The van der Waals surface area contributed by atoms with Crippen LogP contribution in [0.2, 0.25) is 0 Å². The van der Waals surface area contributed by atoms with Crippen LogP contribution in [0.5, 0.6) is 0 Å². The Morgan fingerprint density at radius 2 is 2.35 bits per heavy atom. The lowest BCUT2D eigenvalue weighted by Gasteiger charge is -2.00. The van der Waals surface area contributed by atoms with Crippen LogP contribution in [0.15, 0.2) is 18.2 Å². The second kappa shape index (κ2) is 6.51. The summed E-state index contributed by atoms with van der Waals surface area (Å²) in [5, 5.41) is 0. The number of hydrogen-bond acceptors (Lipinski definition) is 4. The molecule has 0 unspecified atom stereocenters. The van der Waals surface area contributed by atoms with Crippen LogP contribution in [0.1, 0.15) is 18.9 Å². The van der Waals surface area contributed by atoms with Gasteiger partial charge in [0.2, 0.25) is 0 Å². The molecule has 0 heterocycles. The molecule has 0 atom stereocenters. The molecule has 0 saturated carbocycles. The van der Waals surface area contributed by atoms with E-state index in [9.17, 15) is 9.18 Å². The summed E-state index contributed by atoms with van der Waals surface area (Å²) >= 11 is 0. The van der Waals surface area contributed by atoms with Gasteiger partial charge in [0, 0.05) is 5.56 Å². The molecule has 0 saturated heterocycles. The minimum absolute atomic E-state index is 0.00759. The van der Waals surface area contributed by atoms with Crippen molar-refractivity contribution in [1.82, 2.24) is 0 Å². The number of nitrogens with two attached hydrogens (primary N) is 1. The lowest BCUT2D eigenvalue weighted by Crippen LogP contribution is -2.08. The Morgan fingerprint density at radius 1 is 1.59 bits per heavy atom. The lowest BCUT2D eigenvalue weighted by atomic mass is 10.2. The van der Waals surface area contributed by atoms with Crippen molar-refractivity contribution in [2.75, 3.05) is 12.0 Å². The molecule has 0 spiro atoms. The first kappa shape index (κ1) is 13.0. The first-order chi connectivity index (χ1) is 8.17. The fourth-order valence-corrected chi connectivity index (χ4v) is 1.14. The zero-order valence-electron chi connectivity index (χ0n) is 9.42. The van der Waals surface area contributed by atoms with E-state index < -0.39 is 5.82 Å². The number of anilines is 1. The van der Waals surface area contributed by atoms with Crippen LogP contribution < -0.4 is 11.3 Å². The number of ether oxygens (including phenoxy) is 1. The summed E-state index contributed by atoms with van der Waals surface area (Å²) in [7, 11) is 0. The zero-order valence-corrected chi connectivity index (χ0v) is 9.42. The van der Waals surface area contributed by atoms with Gasteiger partial charge in [0.1, 0.15) is 12.2 Å². The molecule has 0 amide bonds. The highest BCUT2D eigenvalue weighted by Gasteiger charge is 2.00. The van der Waals surface area contributed by atoms with Gasteiger partial charge in [0.25, 0.3) is 0 Å². The summed E-state index contributed by atoms with van der Waals surface area (Å²) in [5.41, 5.74) is 2.89. The Morgan fingerprint density at radius 3 is 2.94 bits per heavy atom. The third-order valence-electron chi connectivity index (χ3n) is 1.90. The third kappa shape index (κ3) is 4.13. The molecule has 0 aliphatic carbocycles. The number of hydrogen-bond donors (Lipinski definition) is 2. The van der Waals surface area contributed by atoms with Crippen LogP contribution >= 0.6 is 0 Å². The van der Waals surface area contributed by atoms with Gasteiger partial charge in [-0.3, -0.25) is 10.6 Å². The van der Waals surface area contributed by atoms with E-state index in [-0.39, 0.29) is 18.1 Å². The maximum absolute atomic E-state index is 13.3. The second-order valence-electron chi connectivity index (χ2n) is 3.12. The number of carbonyl (C=O) groups excluding carboxylic acids is 1. The number of nitrogens with one attached hydrogen (secondary N) is 1. The van der Waals surface area contributed by atoms with Gasteiger partial charge < -0.3 is 10.2 Å². The van der Waals surface area contributed by atoms with Crippen molar-refractivity contribution in [3.05, 3.63) is 29.6 Å². The van der Waals surface area contributed by atoms with Gasteiger partial charge in [-0.2, -0.15) is 0 Å². The van der Waals surface area contributed by atoms with Gasteiger partial charge >= 0.3 is 5.97 Å². The highest BCUT2D eigenvalue weighted by Crippen LogP contribution is 2.13. The monoisotopic (exact) mass is 236 g/mol. The molecule has 90 valence electrons. The van der Waals surface area contributed by atoms with Crippen molar-refractivity contribution < 1.29 is 13.9 Å². The summed E-state index contributed by atoms with van der Waals surface area (Å²) in [5.74, 6) is 9.48. The largest absolute Gasteiger partial charge is 0.465 e. The Labute approximate surface area is 98.9 Å². The number of nitrogen functional groups attached to an aromatic ring is 1. The number of hydrazine groups is 1. The van der Waals surface area contributed by atoms with Crippen molar-refractivity contribution in [2.45, 2.75) is 13.3 Å². The van der Waals surface area contributed by atoms with Gasteiger partial charge in [-0.15, -0.1) is 0 Å². The topological polar surface area (TPSA) is 64.3 Å². The van der Waals surface area contributed by atoms with E-state index in [0.29, 0.717) is 12.2 Å². The minimum atomic E-state index is -0.490. The maximum Gasteiger partial charge on any atom is 0.317 e. The fourth-order valence-electron chi connectivity index (χ4n) is 1.14. The number of benzene rings is 1. The molecule has 0 bridgehead atoms. The molecule has 0 aliphatic rings. The summed E-state index contributed by atoms with van der Waals surface area (Å²) in [6.07, 6.45) is -0.00759. The fraction of sp³-hybridized carbons (Fsp3) is 0.250. The molecule has 5 heteroatoms. The Kier molecular flexibility index (Phi) is 4.98. The van der Waals surface area contributed by atoms with Gasteiger partial charge in [-0.1, -0.05) is 11.8 Å². The minimum Gasteiger partial charge on any atom is -0.465 e. The SMILES string of the molecule is CCOC(=O)CC#Cc1ccc(NN)c(F)c1. The van der Waals surface area contributed by atoms with Crippen LogP contribution in [0, 0.1) is 17.7 Å². The van der Waals surface area contributed by atoms with Gasteiger partial charge in [-0.25, -0.2) is 4.39 Å². The van der Waals surface area contributed by atoms with Crippen molar-refractivity contribution in [1.29, 1.82) is 0 Å². The van der Waals surface area contributed by atoms with Crippen LogP contribution in [0.4, 0.5) is 10.1 Å². The lowest BCUT2D eigenvalue weighted by molar-refractivity contribution is -0.141. The van der Waals surface area contributed by atoms with Crippen LogP contribution in [-0.2, 0) is 9.53 Å². The zero-order chi connectivity index (χ0) is 12.7. The molecule has 1 rings (SSSR count). The van der Waals surface area contributed by atoms with Crippen LogP contribution in [0.25, 0.3) is 0 Å². The standard InChI is InChI=1S/C12H13FN2O2/c1-2-17-12(16)5-3-4-9-6-7-11(15-14)10(13)8-9/h6-8,15H,2,5,14H2,1H3. The van der Waals surface area contributed by atoms with E-state index in [1.165, 1.54) is 12.1 Å². The number of rotatable bonds is 3. The molecular formula is C12H13FN2O2. The van der Waals surface area contributed by atoms with Gasteiger partial charge in [0.05, 0.1) is 12.3 Å². The van der Waals surface area contributed by atoms with Crippen LogP contribution in [0.3, 0.4) is 0 Å². The van der Waals surface area contributed by atoms with E-state index in [2.05, 4.69) is 17.3 Å². The van der Waals surface area contributed by atoms with Crippen molar-refractivity contribution in [2.24, 2.45) is 5.84 Å². The van der Waals surface area contributed by atoms with E-state index >= 15 is 0 Å². The molecule has 17 heavy (non-hydrogen) atoms. The quantitative estimate of drug-likeness (QED) is 0.360. The normalized spacial score (nSPS) is 9.12. The number of carbonyl (C=O) groups is 1. The molecule has 1 aromatic rings. The van der Waals surface area contributed by atoms with E-state index in [0.717, 1.165) is 0 Å². The van der Waals surface area contributed by atoms with Gasteiger partial charge in [0.15, 0.2) is 0 Å². The first-order valence-corrected chi connectivity index (χ1v) is 5.08. The molecule has 0 radical (unpaired) electrons. The molecular weight excluding hydrogens is 223 g/mol. The Balaban J connectivity index is 2.66. The maximum atomic E-state index is 13.3. The number of halogens is 1. The molecule has 3 N–H and O–H groups in total. The number of esters is 1. The van der Waals surface area contributed by atoms with Crippen molar-refractivity contribution in [3.8, 4) is 11.8 Å². The Bertz CT molecular complexity index is 463. The van der Waals surface area contributed by atoms with E-state index in [1.54, 1.807) is 13.0 Å². The van der Waals surface area contributed by atoms with Crippen molar-refractivity contribution >= 4 is 11.7 Å². The average Bonchev–Trinajstić information content (AvgIpc) is 2.29. The summed E-state index contributed by atoms with van der Waals surface area (Å²) in [6, 6.07) is 4.33. The second-order valence-corrected chi connectivity index (χ2v) is 3.12. The molecule has 4 nitrogen and oxygen atoms in total. The predicted octanol–water partition coefficient (Wildman–Crippen LogP) is 1.42.